The van der Waals surface area contributed by atoms with Gasteiger partial charge in [-0.25, -0.2) is 22.1 Å². The maximum atomic E-state index is 15.8. The summed E-state index contributed by atoms with van der Waals surface area (Å²) in [6.45, 7) is 0.753. The lowest BCUT2D eigenvalue weighted by Gasteiger charge is -2.24. The zero-order valence-corrected chi connectivity index (χ0v) is 19.2. The number of hydrogen-bond donors (Lipinski definition) is 1. The van der Waals surface area contributed by atoms with Crippen LogP contribution in [-0.4, -0.2) is 37.4 Å². The van der Waals surface area contributed by atoms with Crippen LogP contribution in [0.4, 0.5) is 23.5 Å². The average molecular weight is 496 g/mol. The van der Waals surface area contributed by atoms with Crippen LogP contribution in [0, 0.1) is 11.6 Å². The summed E-state index contributed by atoms with van der Waals surface area (Å²) in [7, 11) is 1.43. The van der Waals surface area contributed by atoms with Crippen molar-refractivity contribution >= 4 is 11.6 Å². The number of hydrogen-bond acceptors (Lipinski definition) is 5. The number of anilines is 1. The van der Waals surface area contributed by atoms with E-state index in [0.717, 1.165) is 23.7 Å². The predicted octanol–water partition coefficient (Wildman–Crippen LogP) is 5.37. The fourth-order valence-corrected chi connectivity index (χ4v) is 4.26. The van der Waals surface area contributed by atoms with E-state index in [1.807, 2.05) is 0 Å². The maximum absolute atomic E-state index is 15.8. The van der Waals surface area contributed by atoms with Crippen LogP contribution in [-0.2, 0) is 0 Å². The SMILES string of the molecule is COc1c(-c2cccc(-c3cnn(C(c4ccc(F)cc4)C(C)(F)F)c3)c2F)ccn2nc(N)nc12. The number of nitrogens with zero attached hydrogens (tertiary/aromatic N) is 5. The fraction of sp³-hybridized carbons (Fsp3) is 0.160. The highest BCUT2D eigenvalue weighted by atomic mass is 19.3. The largest absolute Gasteiger partial charge is 0.492 e. The Kier molecular flexibility index (Phi) is 5.62. The number of nitrogen functional groups attached to an aromatic ring is 1. The molecule has 3 heterocycles. The Morgan fingerprint density at radius 3 is 2.42 bits per heavy atom. The smallest absolute Gasteiger partial charge is 0.271 e. The number of halogens is 4. The van der Waals surface area contributed by atoms with Gasteiger partial charge in [0.2, 0.25) is 5.95 Å². The highest BCUT2D eigenvalue weighted by Crippen LogP contribution is 2.39. The van der Waals surface area contributed by atoms with Gasteiger partial charge in [0.05, 0.1) is 13.3 Å². The van der Waals surface area contributed by atoms with Gasteiger partial charge in [-0.15, -0.1) is 5.10 Å². The molecule has 0 spiro atoms. The van der Waals surface area contributed by atoms with Gasteiger partial charge in [-0.2, -0.15) is 10.1 Å². The number of benzene rings is 2. The van der Waals surface area contributed by atoms with E-state index < -0.39 is 23.6 Å². The third kappa shape index (κ3) is 4.02. The Labute approximate surface area is 202 Å². The highest BCUT2D eigenvalue weighted by molar-refractivity contribution is 5.81. The van der Waals surface area contributed by atoms with E-state index in [9.17, 15) is 13.2 Å². The molecule has 0 bridgehead atoms. The van der Waals surface area contributed by atoms with E-state index in [-0.39, 0.29) is 34.0 Å². The molecular formula is C25H20F4N6O. The molecule has 7 nitrogen and oxygen atoms in total. The lowest BCUT2D eigenvalue weighted by Crippen LogP contribution is -2.29. The van der Waals surface area contributed by atoms with Gasteiger partial charge in [0.25, 0.3) is 5.92 Å². The van der Waals surface area contributed by atoms with Crippen LogP contribution in [0.5, 0.6) is 5.75 Å². The average Bonchev–Trinajstić information content (AvgIpc) is 3.45. The molecule has 184 valence electrons. The van der Waals surface area contributed by atoms with Crippen LogP contribution in [0.25, 0.3) is 27.9 Å². The normalized spacial score (nSPS) is 12.7. The van der Waals surface area contributed by atoms with Crippen molar-refractivity contribution in [1.82, 2.24) is 24.4 Å². The Bertz CT molecular complexity index is 1560. The van der Waals surface area contributed by atoms with Gasteiger partial charge in [-0.05, 0) is 23.8 Å². The molecule has 5 rings (SSSR count). The molecule has 2 aromatic carbocycles. The topological polar surface area (TPSA) is 83.3 Å². The Morgan fingerprint density at radius 1 is 1.00 bits per heavy atom. The standard InChI is InChI=1S/C25H20F4N6O/c1-25(28,29)22(14-6-8-16(26)9-7-14)35-13-15(12-31-35)17-4-3-5-18(20(17)27)19-10-11-34-23(21(19)36-2)32-24(30)33-34/h3-13,22H,1-2H3,(H2,30,33). The summed E-state index contributed by atoms with van der Waals surface area (Å²) in [5.74, 6) is -4.07. The molecule has 3 aromatic heterocycles. The summed E-state index contributed by atoms with van der Waals surface area (Å²) in [6.07, 6.45) is 4.23. The van der Waals surface area contributed by atoms with Crippen molar-refractivity contribution in [3.8, 4) is 28.0 Å². The van der Waals surface area contributed by atoms with Crippen molar-refractivity contribution in [3.63, 3.8) is 0 Å². The van der Waals surface area contributed by atoms with Gasteiger partial charge in [-0.3, -0.25) is 4.68 Å². The van der Waals surface area contributed by atoms with Gasteiger partial charge < -0.3 is 10.5 Å². The number of ether oxygens (including phenoxy) is 1. The maximum Gasteiger partial charge on any atom is 0.271 e. The Hall–Kier alpha value is -4.41. The van der Waals surface area contributed by atoms with E-state index in [1.54, 1.807) is 24.4 Å². The molecule has 0 amide bonds. The number of pyridine rings is 1. The van der Waals surface area contributed by atoms with Crippen molar-refractivity contribution in [3.05, 3.63) is 84.3 Å². The van der Waals surface area contributed by atoms with Crippen LogP contribution < -0.4 is 10.5 Å². The van der Waals surface area contributed by atoms with Gasteiger partial charge in [-0.1, -0.05) is 30.3 Å². The minimum atomic E-state index is -3.23. The third-order valence-corrected chi connectivity index (χ3v) is 5.81. The number of nitrogens with two attached hydrogens (primary N) is 1. The lowest BCUT2D eigenvalue weighted by atomic mass is 9.99. The Morgan fingerprint density at radius 2 is 1.72 bits per heavy atom. The van der Waals surface area contributed by atoms with E-state index in [4.69, 9.17) is 10.5 Å². The quantitative estimate of drug-likeness (QED) is 0.320. The molecular weight excluding hydrogens is 476 g/mol. The summed E-state index contributed by atoms with van der Waals surface area (Å²) in [5.41, 5.74) is 7.23. The molecule has 1 unspecified atom stereocenters. The first-order valence-electron chi connectivity index (χ1n) is 10.8. The summed E-state index contributed by atoms with van der Waals surface area (Å²) >= 11 is 0. The molecule has 0 fully saturated rings. The van der Waals surface area contributed by atoms with Crippen LogP contribution in [0.3, 0.4) is 0 Å². The second kappa shape index (κ2) is 8.67. The molecule has 0 aliphatic heterocycles. The molecule has 2 N–H and O–H groups in total. The minimum Gasteiger partial charge on any atom is -0.492 e. The van der Waals surface area contributed by atoms with Crippen molar-refractivity contribution in [2.75, 3.05) is 12.8 Å². The van der Waals surface area contributed by atoms with Crippen LogP contribution >= 0.6 is 0 Å². The minimum absolute atomic E-state index is 0.0375. The first kappa shape index (κ1) is 23.3. The van der Waals surface area contributed by atoms with Crippen LogP contribution in [0.2, 0.25) is 0 Å². The summed E-state index contributed by atoms with van der Waals surface area (Å²) in [5, 5.41) is 8.12. The monoisotopic (exact) mass is 496 g/mol. The van der Waals surface area contributed by atoms with E-state index in [2.05, 4.69) is 15.2 Å². The molecule has 0 aliphatic rings. The van der Waals surface area contributed by atoms with Crippen LogP contribution in [0.15, 0.2) is 67.1 Å². The molecule has 5 aromatic rings. The summed E-state index contributed by atoms with van der Waals surface area (Å²) < 4.78 is 66.3. The molecule has 1 atom stereocenters. The summed E-state index contributed by atoms with van der Waals surface area (Å²) in [6, 6.07) is 9.60. The summed E-state index contributed by atoms with van der Waals surface area (Å²) in [4.78, 5) is 4.13. The highest BCUT2D eigenvalue weighted by Gasteiger charge is 2.38. The van der Waals surface area contributed by atoms with Crippen LogP contribution in [0.1, 0.15) is 18.5 Å². The fourth-order valence-electron chi connectivity index (χ4n) is 4.26. The lowest BCUT2D eigenvalue weighted by molar-refractivity contribution is -0.0217. The van der Waals surface area contributed by atoms with Crippen molar-refractivity contribution in [2.24, 2.45) is 0 Å². The van der Waals surface area contributed by atoms with Crippen molar-refractivity contribution < 1.29 is 22.3 Å². The number of methoxy groups -OCH3 is 1. The zero-order chi connectivity index (χ0) is 25.6. The molecule has 0 aliphatic carbocycles. The number of aromatic nitrogens is 5. The molecule has 0 saturated carbocycles. The second-order valence-electron chi connectivity index (χ2n) is 8.29. The zero-order valence-electron chi connectivity index (χ0n) is 19.2. The predicted molar refractivity (Wildman–Crippen MR) is 126 cm³/mol. The van der Waals surface area contributed by atoms with Gasteiger partial charge in [0, 0.05) is 41.6 Å². The number of fused-ring (bicyclic) bond motifs is 1. The third-order valence-electron chi connectivity index (χ3n) is 5.81. The van der Waals surface area contributed by atoms with E-state index in [0.29, 0.717) is 11.2 Å². The van der Waals surface area contributed by atoms with Crippen molar-refractivity contribution in [2.45, 2.75) is 18.9 Å². The number of alkyl halides is 2. The Balaban J connectivity index is 1.59. The number of rotatable bonds is 6. The van der Waals surface area contributed by atoms with E-state index in [1.165, 1.54) is 42.2 Å². The van der Waals surface area contributed by atoms with Gasteiger partial charge in [0.1, 0.15) is 17.7 Å². The molecule has 36 heavy (non-hydrogen) atoms. The van der Waals surface area contributed by atoms with E-state index >= 15 is 4.39 Å². The van der Waals surface area contributed by atoms with Gasteiger partial charge in [0.15, 0.2) is 11.4 Å². The first-order valence-corrected chi connectivity index (χ1v) is 10.8. The molecule has 0 radical (unpaired) electrons. The van der Waals surface area contributed by atoms with Crippen molar-refractivity contribution in [1.29, 1.82) is 0 Å². The second-order valence-corrected chi connectivity index (χ2v) is 8.29. The molecule has 0 saturated heterocycles. The first-order chi connectivity index (χ1) is 17.2. The molecule has 11 heteroatoms. The van der Waals surface area contributed by atoms with Gasteiger partial charge >= 0.3 is 0 Å².